The van der Waals surface area contributed by atoms with Crippen LogP contribution in [0.3, 0.4) is 0 Å². The van der Waals surface area contributed by atoms with Gasteiger partial charge in [0.05, 0.1) is 11.4 Å². The van der Waals surface area contributed by atoms with E-state index in [1.807, 2.05) is 13.8 Å². The van der Waals surface area contributed by atoms with Crippen LogP contribution in [-0.4, -0.2) is 44.8 Å². The molecule has 0 aliphatic rings. The van der Waals surface area contributed by atoms with Crippen LogP contribution < -0.4 is 0 Å². The van der Waals surface area contributed by atoms with Crippen molar-refractivity contribution in [3.05, 3.63) is 0 Å². The Morgan fingerprint density at radius 1 is 0.933 bits per heavy atom. The van der Waals surface area contributed by atoms with Gasteiger partial charge in [-0.05, 0) is 31.8 Å². The average molecular weight is 250 g/mol. The number of rotatable bonds is 8. The first-order chi connectivity index (χ1) is 7.20. The summed E-state index contributed by atoms with van der Waals surface area (Å²) in [6, 6.07) is 0. The molecule has 0 amide bonds. The lowest BCUT2D eigenvalue weighted by molar-refractivity contribution is 0.318. The first-order valence-corrected chi connectivity index (χ1v) is 7.02. The van der Waals surface area contributed by atoms with Crippen LogP contribution in [0.1, 0.15) is 20.3 Å². The summed E-state index contributed by atoms with van der Waals surface area (Å²) in [5, 5.41) is 23.0. The monoisotopic (exact) mass is 250 g/mol. The molecule has 0 spiro atoms. The quantitative estimate of drug-likeness (QED) is 0.301. The summed E-state index contributed by atoms with van der Waals surface area (Å²) in [5.41, 5.74) is 1.52. The van der Waals surface area contributed by atoms with E-state index in [0.29, 0.717) is 0 Å². The Morgan fingerprint density at radius 2 is 1.33 bits per heavy atom. The molecule has 15 heavy (non-hydrogen) atoms. The number of hydrogen-bond donors (Lipinski definition) is 2. The van der Waals surface area contributed by atoms with E-state index in [2.05, 4.69) is 10.3 Å². The van der Waals surface area contributed by atoms with Gasteiger partial charge in [0.25, 0.3) is 0 Å². The topological polar surface area (TPSA) is 65.2 Å². The summed E-state index contributed by atoms with van der Waals surface area (Å²) >= 11 is 3.53. The Hall–Kier alpha value is -0.360. The van der Waals surface area contributed by atoms with Gasteiger partial charge in [0, 0.05) is 11.5 Å². The molecule has 0 fully saturated rings. The Morgan fingerprint density at radius 3 is 1.67 bits per heavy atom. The van der Waals surface area contributed by atoms with Gasteiger partial charge in [-0.25, -0.2) is 0 Å². The van der Waals surface area contributed by atoms with Crippen LogP contribution in [0.2, 0.25) is 0 Å². The van der Waals surface area contributed by atoms with E-state index in [0.717, 1.165) is 40.9 Å². The highest BCUT2D eigenvalue weighted by Crippen LogP contribution is 2.08. The molecule has 88 valence electrons. The Kier molecular flexibility index (Phi) is 9.92. The molecule has 0 aliphatic carbocycles. The van der Waals surface area contributed by atoms with E-state index in [9.17, 15) is 0 Å². The minimum atomic E-state index is 0.760. The number of oxime groups is 2. The lowest BCUT2D eigenvalue weighted by Gasteiger charge is -2.01. The molecule has 0 saturated carbocycles. The molecule has 2 N–H and O–H groups in total. The van der Waals surface area contributed by atoms with E-state index in [1.165, 1.54) is 0 Å². The number of hydrogen-bond acceptors (Lipinski definition) is 6. The van der Waals surface area contributed by atoms with Gasteiger partial charge >= 0.3 is 0 Å². The van der Waals surface area contributed by atoms with Gasteiger partial charge in [-0.1, -0.05) is 10.3 Å². The predicted molar refractivity (Wildman–Crippen MR) is 69.1 cm³/mol. The third-order valence-electron chi connectivity index (χ3n) is 1.54. The molecule has 0 rings (SSSR count). The summed E-state index contributed by atoms with van der Waals surface area (Å²) in [4.78, 5) is 0. The highest BCUT2D eigenvalue weighted by molar-refractivity contribution is 8.00. The minimum Gasteiger partial charge on any atom is -0.411 e. The predicted octanol–water partition coefficient (Wildman–Crippen LogP) is 2.54. The first kappa shape index (κ1) is 14.6. The van der Waals surface area contributed by atoms with Gasteiger partial charge in [-0.2, -0.15) is 23.5 Å². The van der Waals surface area contributed by atoms with Crippen LogP contribution >= 0.6 is 23.5 Å². The fourth-order valence-corrected chi connectivity index (χ4v) is 2.64. The van der Waals surface area contributed by atoms with Crippen LogP contribution in [0.25, 0.3) is 0 Å². The first-order valence-electron chi connectivity index (χ1n) is 4.71. The fraction of sp³-hybridized carbons (Fsp3) is 0.778. The molecular weight excluding hydrogens is 232 g/mol. The van der Waals surface area contributed by atoms with Crippen molar-refractivity contribution >= 4 is 34.9 Å². The molecule has 0 saturated heterocycles. The smallest absolute Gasteiger partial charge is 0.0638 e. The molecule has 0 aliphatic heterocycles. The van der Waals surface area contributed by atoms with Gasteiger partial charge in [0.1, 0.15) is 0 Å². The number of nitrogens with zero attached hydrogens (tertiary/aromatic N) is 2. The fourth-order valence-electron chi connectivity index (χ4n) is 0.761. The Labute approximate surface area is 99.2 Å². The van der Waals surface area contributed by atoms with Crippen molar-refractivity contribution in [3.63, 3.8) is 0 Å². The van der Waals surface area contributed by atoms with Crippen molar-refractivity contribution in [1.82, 2.24) is 0 Å². The van der Waals surface area contributed by atoms with Crippen molar-refractivity contribution in [3.8, 4) is 0 Å². The standard InChI is InChI=1S/C9H18N2O2S2/c1-8(10-12)6-14-4-3-5-15-7-9(2)11-13/h12-13H,3-7H2,1-2H3/b10-8-,11-9+. The average Bonchev–Trinajstić information content (AvgIpc) is 2.26. The van der Waals surface area contributed by atoms with Gasteiger partial charge in [0.15, 0.2) is 0 Å². The van der Waals surface area contributed by atoms with Crippen molar-refractivity contribution in [2.24, 2.45) is 10.3 Å². The molecule has 6 heteroatoms. The molecule has 0 atom stereocenters. The van der Waals surface area contributed by atoms with E-state index >= 15 is 0 Å². The zero-order chi connectivity index (χ0) is 11.5. The highest BCUT2D eigenvalue weighted by Gasteiger charge is 1.95. The van der Waals surface area contributed by atoms with E-state index in [4.69, 9.17) is 10.4 Å². The summed E-state index contributed by atoms with van der Waals surface area (Å²) in [6.07, 6.45) is 1.12. The maximum Gasteiger partial charge on any atom is 0.0638 e. The summed E-state index contributed by atoms with van der Waals surface area (Å²) < 4.78 is 0. The maximum atomic E-state index is 8.40. The molecule has 0 unspecified atom stereocenters. The van der Waals surface area contributed by atoms with Gasteiger partial charge in [-0.3, -0.25) is 0 Å². The molecule has 0 aromatic carbocycles. The minimum absolute atomic E-state index is 0.760. The van der Waals surface area contributed by atoms with Gasteiger partial charge < -0.3 is 10.4 Å². The van der Waals surface area contributed by atoms with Crippen LogP contribution in [0.5, 0.6) is 0 Å². The summed E-state index contributed by atoms with van der Waals surface area (Å²) in [7, 11) is 0. The van der Waals surface area contributed by atoms with E-state index in [-0.39, 0.29) is 0 Å². The molecule has 0 heterocycles. The second-order valence-corrected chi connectivity index (χ2v) is 5.34. The van der Waals surface area contributed by atoms with Crippen molar-refractivity contribution < 1.29 is 10.4 Å². The Balaban J connectivity index is 3.19. The van der Waals surface area contributed by atoms with Gasteiger partial charge in [-0.15, -0.1) is 0 Å². The van der Waals surface area contributed by atoms with E-state index < -0.39 is 0 Å². The van der Waals surface area contributed by atoms with Crippen LogP contribution in [-0.2, 0) is 0 Å². The maximum absolute atomic E-state index is 8.40. The Bertz CT molecular complexity index is 198. The molecular formula is C9H18N2O2S2. The van der Waals surface area contributed by atoms with Gasteiger partial charge in [0.2, 0.25) is 0 Å². The summed E-state index contributed by atoms with van der Waals surface area (Å²) in [6.45, 7) is 3.62. The second-order valence-electron chi connectivity index (χ2n) is 3.13. The zero-order valence-corrected chi connectivity index (χ0v) is 10.8. The van der Waals surface area contributed by atoms with Crippen LogP contribution in [0, 0.1) is 0 Å². The highest BCUT2D eigenvalue weighted by atomic mass is 32.2. The molecule has 0 aromatic heterocycles. The molecule has 0 aromatic rings. The van der Waals surface area contributed by atoms with Crippen molar-refractivity contribution in [1.29, 1.82) is 0 Å². The van der Waals surface area contributed by atoms with Crippen LogP contribution in [0.15, 0.2) is 10.3 Å². The summed E-state index contributed by atoms with van der Waals surface area (Å²) in [5.74, 6) is 3.71. The zero-order valence-electron chi connectivity index (χ0n) is 9.14. The molecule has 4 nitrogen and oxygen atoms in total. The SMILES string of the molecule is C/C(CSCCCSC/C(C)=N/O)=N/O. The lowest BCUT2D eigenvalue weighted by atomic mass is 10.5. The lowest BCUT2D eigenvalue weighted by Crippen LogP contribution is -1.98. The van der Waals surface area contributed by atoms with Crippen molar-refractivity contribution in [2.75, 3.05) is 23.0 Å². The number of thioether (sulfide) groups is 2. The third kappa shape index (κ3) is 9.93. The normalized spacial score (nSPS) is 13.2. The largest absolute Gasteiger partial charge is 0.411 e. The van der Waals surface area contributed by atoms with Crippen LogP contribution in [0.4, 0.5) is 0 Å². The van der Waals surface area contributed by atoms with E-state index in [1.54, 1.807) is 23.5 Å². The molecule has 0 bridgehead atoms. The van der Waals surface area contributed by atoms with Crippen molar-refractivity contribution in [2.45, 2.75) is 20.3 Å². The second kappa shape index (κ2) is 10.2. The molecule has 0 radical (unpaired) electrons. The third-order valence-corrected chi connectivity index (χ3v) is 3.94.